The summed E-state index contributed by atoms with van der Waals surface area (Å²) in [6.45, 7) is 3.56. The molecule has 0 fully saturated rings. The highest BCUT2D eigenvalue weighted by Gasteiger charge is 2.16. The molecule has 4 nitrogen and oxygen atoms in total. The Morgan fingerprint density at radius 1 is 1.09 bits per heavy atom. The summed E-state index contributed by atoms with van der Waals surface area (Å²) in [6.07, 6.45) is 0. The molecule has 0 bridgehead atoms. The van der Waals surface area contributed by atoms with Gasteiger partial charge in [0.15, 0.2) is 10.5 Å². The zero-order valence-corrected chi connectivity index (χ0v) is 13.7. The van der Waals surface area contributed by atoms with E-state index in [-0.39, 0.29) is 11.9 Å². The van der Waals surface area contributed by atoms with Crippen LogP contribution in [0.4, 0.5) is 0 Å². The van der Waals surface area contributed by atoms with Crippen LogP contribution in [0.5, 0.6) is 0 Å². The van der Waals surface area contributed by atoms with Crippen LogP contribution < -0.4 is 4.84 Å². The van der Waals surface area contributed by atoms with Gasteiger partial charge in [-0.05, 0) is 12.1 Å². The monoisotopic (exact) mass is 324 g/mol. The smallest absolute Gasteiger partial charge is 0.333 e. The van der Waals surface area contributed by atoms with Gasteiger partial charge in [0, 0.05) is 10.9 Å². The molecule has 0 radical (unpaired) electrons. The van der Waals surface area contributed by atoms with E-state index in [2.05, 4.69) is 4.98 Å². The fraction of sp³-hybridized carbons (Fsp3) is 0.167. The van der Waals surface area contributed by atoms with E-state index in [1.165, 1.54) is 4.73 Å². The van der Waals surface area contributed by atoms with Crippen LogP contribution in [0, 0.1) is 10.6 Å². The quantitative estimate of drug-likeness (QED) is 0.682. The van der Waals surface area contributed by atoms with Gasteiger partial charge in [0.25, 0.3) is 0 Å². The molecule has 0 amide bonds. The van der Waals surface area contributed by atoms with Gasteiger partial charge >= 0.3 is 5.97 Å². The van der Waals surface area contributed by atoms with Crippen molar-refractivity contribution in [2.75, 3.05) is 0 Å². The summed E-state index contributed by atoms with van der Waals surface area (Å²) >= 11 is 5.53. The first kappa shape index (κ1) is 15.4. The van der Waals surface area contributed by atoms with Crippen LogP contribution >= 0.6 is 12.2 Å². The minimum absolute atomic E-state index is 0.257. The summed E-state index contributed by atoms with van der Waals surface area (Å²) in [5, 5.41) is 0.777. The van der Waals surface area contributed by atoms with Gasteiger partial charge in [-0.25, -0.2) is 9.78 Å². The first-order valence-electron chi connectivity index (χ1n) is 7.37. The van der Waals surface area contributed by atoms with Crippen LogP contribution in [0.2, 0.25) is 0 Å². The van der Waals surface area contributed by atoms with E-state index < -0.39 is 0 Å². The summed E-state index contributed by atoms with van der Waals surface area (Å²) in [4.78, 5) is 22.2. The van der Waals surface area contributed by atoms with Crippen molar-refractivity contribution in [3.63, 3.8) is 0 Å². The van der Waals surface area contributed by atoms with E-state index in [1.807, 2.05) is 54.6 Å². The van der Waals surface area contributed by atoms with Gasteiger partial charge in [-0.3, -0.25) is 0 Å². The molecule has 0 atom stereocenters. The lowest BCUT2D eigenvalue weighted by Gasteiger charge is -2.15. The Kier molecular flexibility index (Phi) is 4.21. The van der Waals surface area contributed by atoms with Crippen LogP contribution in [-0.4, -0.2) is 15.7 Å². The Bertz CT molecular complexity index is 917. The molecule has 3 aromatic rings. The number of fused-ring (bicyclic) bond motifs is 1. The fourth-order valence-corrected chi connectivity index (χ4v) is 2.46. The zero-order valence-electron chi connectivity index (χ0n) is 12.9. The molecule has 0 N–H and O–H groups in total. The van der Waals surface area contributed by atoms with E-state index in [4.69, 9.17) is 17.1 Å². The van der Waals surface area contributed by atoms with Gasteiger partial charge in [-0.1, -0.05) is 68.5 Å². The van der Waals surface area contributed by atoms with Crippen LogP contribution in [0.1, 0.15) is 13.8 Å². The van der Waals surface area contributed by atoms with Crippen LogP contribution in [-0.2, 0) is 4.79 Å². The number of aromatic nitrogens is 2. The predicted octanol–water partition coefficient (Wildman–Crippen LogP) is 4.04. The number of rotatable bonds is 3. The second-order valence-corrected chi connectivity index (χ2v) is 5.87. The topological polar surface area (TPSA) is 44.1 Å². The van der Waals surface area contributed by atoms with E-state index in [0.717, 1.165) is 16.5 Å². The number of carbonyl (C=O) groups excluding carboxylic acids is 1. The van der Waals surface area contributed by atoms with Gasteiger partial charge in [-0.15, -0.1) is 4.73 Å². The highest BCUT2D eigenvalue weighted by molar-refractivity contribution is 7.71. The van der Waals surface area contributed by atoms with Gasteiger partial charge in [0.05, 0.1) is 11.4 Å². The maximum atomic E-state index is 12.1. The number of hydrogen-bond acceptors (Lipinski definition) is 4. The molecule has 0 saturated carbocycles. The van der Waals surface area contributed by atoms with Crippen molar-refractivity contribution in [1.82, 2.24) is 9.71 Å². The lowest BCUT2D eigenvalue weighted by Crippen LogP contribution is -2.26. The molecule has 0 spiro atoms. The van der Waals surface area contributed by atoms with Crippen LogP contribution in [0.3, 0.4) is 0 Å². The van der Waals surface area contributed by atoms with E-state index in [1.54, 1.807) is 13.8 Å². The van der Waals surface area contributed by atoms with Crippen molar-refractivity contribution in [3.05, 3.63) is 59.2 Å². The second-order valence-electron chi connectivity index (χ2n) is 5.48. The molecule has 5 heteroatoms. The lowest BCUT2D eigenvalue weighted by atomic mass is 10.2. The molecule has 3 rings (SSSR count). The van der Waals surface area contributed by atoms with E-state index in [9.17, 15) is 4.79 Å². The molecule has 116 valence electrons. The SMILES string of the molecule is CC(C)C(=O)On1c(-c2ccccc2)nc2ccccc2c1=S. The maximum Gasteiger partial charge on any atom is 0.335 e. The van der Waals surface area contributed by atoms with Crippen molar-refractivity contribution < 1.29 is 9.63 Å². The Morgan fingerprint density at radius 3 is 2.43 bits per heavy atom. The fourth-order valence-electron chi connectivity index (χ4n) is 2.17. The molecule has 0 aliphatic heterocycles. The minimum Gasteiger partial charge on any atom is -0.333 e. The molecule has 1 heterocycles. The summed E-state index contributed by atoms with van der Waals surface area (Å²) in [5.41, 5.74) is 1.61. The molecule has 0 unspecified atom stereocenters. The molecule has 1 aromatic heterocycles. The number of para-hydroxylation sites is 1. The second kappa shape index (κ2) is 6.30. The molecular weight excluding hydrogens is 308 g/mol. The van der Waals surface area contributed by atoms with Crippen LogP contribution in [0.25, 0.3) is 22.3 Å². The third-order valence-electron chi connectivity index (χ3n) is 3.42. The van der Waals surface area contributed by atoms with Crippen molar-refractivity contribution in [2.45, 2.75) is 13.8 Å². The van der Waals surface area contributed by atoms with Crippen molar-refractivity contribution >= 4 is 29.1 Å². The van der Waals surface area contributed by atoms with Crippen molar-refractivity contribution in [1.29, 1.82) is 0 Å². The van der Waals surface area contributed by atoms with Crippen molar-refractivity contribution in [3.8, 4) is 11.4 Å². The number of nitrogens with zero attached hydrogens (tertiary/aromatic N) is 2. The molecule has 0 aliphatic carbocycles. The summed E-state index contributed by atoms with van der Waals surface area (Å²) < 4.78 is 1.79. The summed E-state index contributed by atoms with van der Waals surface area (Å²) in [7, 11) is 0. The maximum absolute atomic E-state index is 12.1. The van der Waals surface area contributed by atoms with E-state index >= 15 is 0 Å². The number of hydrogen-bond donors (Lipinski definition) is 0. The molecule has 23 heavy (non-hydrogen) atoms. The van der Waals surface area contributed by atoms with E-state index in [0.29, 0.717) is 10.5 Å². The van der Waals surface area contributed by atoms with Gasteiger partial charge in [0.2, 0.25) is 0 Å². The minimum atomic E-state index is -0.352. The lowest BCUT2D eigenvalue weighted by molar-refractivity contribution is -0.147. The number of benzene rings is 2. The first-order valence-corrected chi connectivity index (χ1v) is 7.78. The Hall–Kier alpha value is -2.53. The molecule has 2 aromatic carbocycles. The summed E-state index contributed by atoms with van der Waals surface area (Å²) in [5.74, 6) is -0.0920. The summed E-state index contributed by atoms with van der Waals surface area (Å²) in [6, 6.07) is 17.1. The average molecular weight is 324 g/mol. The molecule has 0 saturated heterocycles. The Balaban J connectivity index is 2.28. The normalized spacial score (nSPS) is 10.9. The zero-order chi connectivity index (χ0) is 16.4. The van der Waals surface area contributed by atoms with Crippen molar-refractivity contribution in [2.24, 2.45) is 5.92 Å². The third kappa shape index (κ3) is 3.00. The largest absolute Gasteiger partial charge is 0.335 e. The molecular formula is C18H16N2O2S. The highest BCUT2D eigenvalue weighted by atomic mass is 32.1. The predicted molar refractivity (Wildman–Crippen MR) is 92.4 cm³/mol. The average Bonchev–Trinajstić information content (AvgIpc) is 2.57. The standard InChI is InChI=1S/C18H16N2O2S/c1-12(2)18(21)22-20-16(13-8-4-3-5-9-13)19-15-11-7-6-10-14(15)17(20)23/h3-12H,1-2H3. The first-order chi connectivity index (χ1) is 11.1. The highest BCUT2D eigenvalue weighted by Crippen LogP contribution is 2.22. The third-order valence-corrected chi connectivity index (χ3v) is 3.81. The Morgan fingerprint density at radius 2 is 1.74 bits per heavy atom. The van der Waals surface area contributed by atoms with Crippen LogP contribution in [0.15, 0.2) is 54.6 Å². The van der Waals surface area contributed by atoms with Gasteiger partial charge in [-0.2, -0.15) is 0 Å². The Labute approximate surface area is 139 Å². The van der Waals surface area contributed by atoms with Gasteiger partial charge < -0.3 is 4.84 Å². The number of carbonyl (C=O) groups is 1. The molecule has 0 aliphatic rings. The van der Waals surface area contributed by atoms with Gasteiger partial charge in [0.1, 0.15) is 0 Å².